The molecule has 148 valence electrons. The van der Waals surface area contributed by atoms with E-state index in [1.54, 1.807) is 14.2 Å². The Hall–Kier alpha value is -1.22. The highest BCUT2D eigenvalue weighted by Crippen LogP contribution is 2.27. The van der Waals surface area contributed by atoms with Crippen molar-refractivity contribution in [2.24, 2.45) is 4.99 Å². The van der Waals surface area contributed by atoms with Crippen LogP contribution >= 0.6 is 24.0 Å². The third kappa shape index (κ3) is 6.50. The van der Waals surface area contributed by atoms with Crippen LogP contribution in [0, 0.1) is 0 Å². The Labute approximate surface area is 174 Å². The van der Waals surface area contributed by atoms with E-state index in [9.17, 15) is 0 Å². The van der Waals surface area contributed by atoms with Gasteiger partial charge in [-0.3, -0.25) is 9.89 Å². The van der Waals surface area contributed by atoms with E-state index in [0.717, 1.165) is 36.1 Å². The van der Waals surface area contributed by atoms with Crippen LogP contribution in [-0.4, -0.2) is 57.3 Å². The summed E-state index contributed by atoms with van der Waals surface area (Å²) in [5.74, 6) is 2.36. The first kappa shape index (κ1) is 22.8. The topological polar surface area (TPSA) is 58.1 Å². The SMILES string of the molecule is CCOc1ccc(CNC(=NC)NCC2CCCN2CC)cc1OC.I. The molecular weight excluding hydrogens is 443 g/mol. The number of benzene rings is 1. The number of nitrogens with one attached hydrogen (secondary N) is 2. The number of aliphatic imine (C=N–C) groups is 1. The maximum atomic E-state index is 5.56. The van der Waals surface area contributed by atoms with Gasteiger partial charge in [0.2, 0.25) is 0 Å². The van der Waals surface area contributed by atoms with E-state index in [2.05, 4.69) is 27.4 Å². The Morgan fingerprint density at radius 1 is 1.27 bits per heavy atom. The Morgan fingerprint density at radius 2 is 2.08 bits per heavy atom. The van der Waals surface area contributed by atoms with Crippen LogP contribution in [0.4, 0.5) is 0 Å². The number of guanidine groups is 1. The van der Waals surface area contributed by atoms with E-state index in [1.807, 2.05) is 25.1 Å². The molecule has 0 bridgehead atoms. The molecule has 0 radical (unpaired) electrons. The maximum absolute atomic E-state index is 5.56. The predicted molar refractivity (Wildman–Crippen MR) is 118 cm³/mol. The second kappa shape index (κ2) is 12.2. The Kier molecular flexibility index (Phi) is 10.7. The summed E-state index contributed by atoms with van der Waals surface area (Å²) < 4.78 is 11.0. The fourth-order valence-corrected chi connectivity index (χ4v) is 3.26. The highest BCUT2D eigenvalue weighted by Gasteiger charge is 2.22. The average molecular weight is 476 g/mol. The number of hydrogen-bond acceptors (Lipinski definition) is 4. The van der Waals surface area contributed by atoms with Gasteiger partial charge in [-0.1, -0.05) is 13.0 Å². The van der Waals surface area contributed by atoms with Crippen LogP contribution in [0.25, 0.3) is 0 Å². The van der Waals surface area contributed by atoms with Crippen molar-refractivity contribution >= 4 is 29.9 Å². The van der Waals surface area contributed by atoms with Crippen molar-refractivity contribution < 1.29 is 9.47 Å². The number of nitrogens with zero attached hydrogens (tertiary/aromatic N) is 2. The maximum Gasteiger partial charge on any atom is 0.191 e. The first-order chi connectivity index (χ1) is 12.2. The lowest BCUT2D eigenvalue weighted by Crippen LogP contribution is -2.44. The Morgan fingerprint density at radius 3 is 2.73 bits per heavy atom. The molecule has 26 heavy (non-hydrogen) atoms. The van der Waals surface area contributed by atoms with Crippen LogP contribution in [0.15, 0.2) is 23.2 Å². The highest BCUT2D eigenvalue weighted by atomic mass is 127. The summed E-state index contributed by atoms with van der Waals surface area (Å²) in [6.07, 6.45) is 2.55. The lowest BCUT2D eigenvalue weighted by molar-refractivity contribution is 0.267. The summed E-state index contributed by atoms with van der Waals surface area (Å²) in [5, 5.41) is 6.82. The van der Waals surface area contributed by atoms with Crippen molar-refractivity contribution in [2.45, 2.75) is 39.3 Å². The molecule has 7 heteroatoms. The molecule has 1 aromatic rings. The zero-order valence-corrected chi connectivity index (χ0v) is 18.7. The van der Waals surface area contributed by atoms with Crippen molar-refractivity contribution in [2.75, 3.05) is 40.4 Å². The lowest BCUT2D eigenvalue weighted by atomic mass is 10.2. The second-order valence-corrected chi connectivity index (χ2v) is 6.15. The van der Waals surface area contributed by atoms with Gasteiger partial charge in [-0.15, -0.1) is 24.0 Å². The van der Waals surface area contributed by atoms with E-state index in [-0.39, 0.29) is 24.0 Å². The minimum absolute atomic E-state index is 0. The molecule has 1 heterocycles. The largest absolute Gasteiger partial charge is 0.493 e. The summed E-state index contributed by atoms with van der Waals surface area (Å²) in [5.41, 5.74) is 1.12. The average Bonchev–Trinajstić information content (AvgIpc) is 3.10. The molecule has 1 atom stereocenters. The zero-order valence-electron chi connectivity index (χ0n) is 16.4. The van der Waals surface area contributed by atoms with Gasteiger partial charge >= 0.3 is 0 Å². The van der Waals surface area contributed by atoms with Gasteiger partial charge in [0, 0.05) is 26.2 Å². The number of likely N-dealkylation sites (tertiary alicyclic amines) is 1. The van der Waals surface area contributed by atoms with Gasteiger partial charge < -0.3 is 20.1 Å². The van der Waals surface area contributed by atoms with Gasteiger partial charge in [0.05, 0.1) is 13.7 Å². The monoisotopic (exact) mass is 476 g/mol. The van der Waals surface area contributed by atoms with E-state index in [0.29, 0.717) is 19.2 Å². The summed E-state index contributed by atoms with van der Waals surface area (Å²) in [4.78, 5) is 6.85. The molecule has 1 aliphatic rings. The first-order valence-corrected chi connectivity index (χ1v) is 9.20. The van der Waals surface area contributed by atoms with Crippen molar-refractivity contribution in [1.29, 1.82) is 0 Å². The first-order valence-electron chi connectivity index (χ1n) is 9.20. The number of methoxy groups -OCH3 is 1. The van der Waals surface area contributed by atoms with Crippen LogP contribution in [0.1, 0.15) is 32.3 Å². The summed E-state index contributed by atoms with van der Waals surface area (Å²) >= 11 is 0. The summed E-state index contributed by atoms with van der Waals surface area (Å²) in [7, 11) is 3.47. The molecule has 6 nitrogen and oxygen atoms in total. The fraction of sp³-hybridized carbons (Fsp3) is 0.632. The minimum Gasteiger partial charge on any atom is -0.493 e. The molecule has 0 spiro atoms. The highest BCUT2D eigenvalue weighted by molar-refractivity contribution is 14.0. The molecule has 1 aliphatic heterocycles. The molecule has 0 aliphatic carbocycles. The van der Waals surface area contributed by atoms with E-state index < -0.39 is 0 Å². The smallest absolute Gasteiger partial charge is 0.191 e. The molecule has 0 amide bonds. The normalized spacial score (nSPS) is 17.5. The molecule has 0 saturated carbocycles. The predicted octanol–water partition coefficient (Wildman–Crippen LogP) is 2.86. The van der Waals surface area contributed by atoms with Crippen LogP contribution in [0.5, 0.6) is 11.5 Å². The van der Waals surface area contributed by atoms with Crippen LogP contribution < -0.4 is 20.1 Å². The van der Waals surface area contributed by atoms with Crippen LogP contribution in [0.2, 0.25) is 0 Å². The number of likely N-dealkylation sites (N-methyl/N-ethyl adjacent to an activating group) is 1. The lowest BCUT2D eigenvalue weighted by Gasteiger charge is -2.24. The second-order valence-electron chi connectivity index (χ2n) is 6.15. The molecule has 1 unspecified atom stereocenters. The van der Waals surface area contributed by atoms with Crippen LogP contribution in [-0.2, 0) is 6.54 Å². The van der Waals surface area contributed by atoms with E-state index in [4.69, 9.17) is 9.47 Å². The van der Waals surface area contributed by atoms with Gasteiger partial charge in [-0.05, 0) is 50.6 Å². The van der Waals surface area contributed by atoms with E-state index >= 15 is 0 Å². The van der Waals surface area contributed by atoms with Crippen molar-refractivity contribution in [3.05, 3.63) is 23.8 Å². The molecule has 0 aromatic heterocycles. The number of hydrogen-bond donors (Lipinski definition) is 2. The van der Waals surface area contributed by atoms with Gasteiger partial charge in [0.15, 0.2) is 17.5 Å². The van der Waals surface area contributed by atoms with Gasteiger partial charge in [0.25, 0.3) is 0 Å². The van der Waals surface area contributed by atoms with Crippen LogP contribution in [0.3, 0.4) is 0 Å². The van der Waals surface area contributed by atoms with Gasteiger partial charge in [-0.25, -0.2) is 0 Å². The van der Waals surface area contributed by atoms with Gasteiger partial charge in [0.1, 0.15) is 0 Å². The molecule has 1 fully saturated rings. The third-order valence-corrected chi connectivity index (χ3v) is 4.62. The number of ether oxygens (including phenoxy) is 2. The Balaban J connectivity index is 0.00000338. The number of halogens is 1. The molecule has 2 rings (SSSR count). The molecule has 2 N–H and O–H groups in total. The zero-order chi connectivity index (χ0) is 18.1. The molecule has 1 aromatic carbocycles. The summed E-state index contributed by atoms with van der Waals surface area (Å²) in [6, 6.07) is 6.60. The van der Waals surface area contributed by atoms with E-state index in [1.165, 1.54) is 19.4 Å². The standard InChI is InChI=1S/C19H32N4O2.HI/c1-5-23-11-7-8-16(23)14-22-19(20-3)21-13-15-9-10-17(25-6-2)18(12-15)24-4;/h9-10,12,16H,5-8,11,13-14H2,1-4H3,(H2,20,21,22);1H. The van der Waals surface area contributed by atoms with Crippen molar-refractivity contribution in [3.63, 3.8) is 0 Å². The Bertz CT molecular complexity index is 568. The number of rotatable bonds is 8. The molecule has 1 saturated heterocycles. The third-order valence-electron chi connectivity index (χ3n) is 4.62. The molecular formula is C19H33IN4O2. The fourth-order valence-electron chi connectivity index (χ4n) is 3.26. The van der Waals surface area contributed by atoms with Gasteiger partial charge in [-0.2, -0.15) is 0 Å². The quantitative estimate of drug-likeness (QED) is 0.344. The summed E-state index contributed by atoms with van der Waals surface area (Å²) in [6.45, 7) is 8.76. The minimum atomic E-state index is 0. The van der Waals surface area contributed by atoms with Crippen molar-refractivity contribution in [1.82, 2.24) is 15.5 Å². The van der Waals surface area contributed by atoms with Crippen molar-refractivity contribution in [3.8, 4) is 11.5 Å².